The van der Waals surface area contributed by atoms with E-state index in [0.29, 0.717) is 18.8 Å². The average molecular weight is 353 g/mol. The summed E-state index contributed by atoms with van der Waals surface area (Å²) in [6.07, 6.45) is 2.00. The molecule has 5 heteroatoms. The van der Waals surface area contributed by atoms with Crippen molar-refractivity contribution >= 4 is 11.9 Å². The van der Waals surface area contributed by atoms with E-state index in [-0.39, 0.29) is 11.5 Å². The van der Waals surface area contributed by atoms with E-state index in [2.05, 4.69) is 6.07 Å². The highest BCUT2D eigenvalue weighted by Gasteiger charge is 2.28. The topological polar surface area (TPSA) is 66.8 Å². The van der Waals surface area contributed by atoms with Gasteiger partial charge in [0.25, 0.3) is 0 Å². The van der Waals surface area contributed by atoms with E-state index >= 15 is 0 Å². The first kappa shape index (κ1) is 18.0. The lowest BCUT2D eigenvalue weighted by Crippen LogP contribution is -2.28. The van der Waals surface area contributed by atoms with Gasteiger partial charge in [0, 0.05) is 25.4 Å². The van der Waals surface area contributed by atoms with Crippen LogP contribution in [0.5, 0.6) is 5.75 Å². The summed E-state index contributed by atoms with van der Waals surface area (Å²) in [7, 11) is 1.67. The first-order valence-electron chi connectivity index (χ1n) is 8.81. The van der Waals surface area contributed by atoms with Gasteiger partial charge in [0.2, 0.25) is 5.91 Å². The van der Waals surface area contributed by atoms with Gasteiger partial charge in [0.1, 0.15) is 5.75 Å². The molecule has 0 aliphatic carbocycles. The number of carboxylic acid groups (broad SMARTS) is 1. The number of para-hydroxylation sites is 1. The molecule has 0 spiro atoms. The van der Waals surface area contributed by atoms with Crippen molar-refractivity contribution in [1.82, 2.24) is 4.90 Å². The molecule has 1 N–H and O–H groups in total. The Hall–Kier alpha value is -2.82. The van der Waals surface area contributed by atoms with Crippen molar-refractivity contribution in [2.75, 3.05) is 20.2 Å². The maximum absolute atomic E-state index is 12.5. The maximum Gasteiger partial charge on any atom is 0.335 e. The molecular formula is C21H23NO4. The fraction of sp³-hybridized carbons (Fsp3) is 0.333. The highest BCUT2D eigenvalue weighted by molar-refractivity contribution is 5.87. The molecule has 0 aromatic heterocycles. The van der Waals surface area contributed by atoms with Gasteiger partial charge < -0.3 is 14.7 Å². The van der Waals surface area contributed by atoms with Crippen LogP contribution in [0.4, 0.5) is 0 Å². The number of likely N-dealkylation sites (tertiary alicyclic amines) is 1. The monoisotopic (exact) mass is 353 g/mol. The van der Waals surface area contributed by atoms with E-state index in [1.54, 1.807) is 31.4 Å². The zero-order chi connectivity index (χ0) is 18.5. The lowest BCUT2D eigenvalue weighted by molar-refractivity contribution is -0.130. The van der Waals surface area contributed by atoms with Crippen molar-refractivity contribution in [2.45, 2.75) is 25.2 Å². The van der Waals surface area contributed by atoms with Crippen LogP contribution in [0.2, 0.25) is 0 Å². The van der Waals surface area contributed by atoms with Crippen molar-refractivity contribution in [2.24, 2.45) is 0 Å². The first-order chi connectivity index (χ1) is 12.6. The molecule has 1 amide bonds. The number of benzene rings is 2. The van der Waals surface area contributed by atoms with Crippen LogP contribution in [0.15, 0.2) is 48.5 Å². The van der Waals surface area contributed by atoms with Crippen LogP contribution in [0, 0.1) is 0 Å². The van der Waals surface area contributed by atoms with E-state index in [1.165, 1.54) is 0 Å². The lowest BCUT2D eigenvalue weighted by Gasteiger charge is -2.18. The van der Waals surface area contributed by atoms with Gasteiger partial charge in [-0.2, -0.15) is 0 Å². The molecular weight excluding hydrogens is 330 g/mol. The number of amides is 1. The Balaban J connectivity index is 1.55. The summed E-state index contributed by atoms with van der Waals surface area (Å²) in [5.41, 5.74) is 2.40. The van der Waals surface area contributed by atoms with Crippen molar-refractivity contribution in [3.8, 4) is 5.75 Å². The molecule has 1 saturated heterocycles. The molecule has 0 bridgehead atoms. The summed E-state index contributed by atoms with van der Waals surface area (Å²) < 4.78 is 5.44. The fourth-order valence-corrected chi connectivity index (χ4v) is 3.47. The molecule has 0 radical (unpaired) electrons. The van der Waals surface area contributed by atoms with E-state index < -0.39 is 5.97 Å². The second-order valence-corrected chi connectivity index (χ2v) is 6.57. The highest BCUT2D eigenvalue weighted by Crippen LogP contribution is 2.33. The molecule has 2 aromatic rings. The van der Waals surface area contributed by atoms with Gasteiger partial charge in [-0.25, -0.2) is 4.79 Å². The lowest BCUT2D eigenvalue weighted by atomic mass is 9.97. The van der Waals surface area contributed by atoms with Crippen LogP contribution in [-0.4, -0.2) is 42.1 Å². The number of aryl methyl sites for hydroxylation is 1. The number of carboxylic acids is 1. The van der Waals surface area contributed by atoms with Crippen molar-refractivity contribution in [3.05, 3.63) is 65.2 Å². The molecule has 1 aliphatic heterocycles. The van der Waals surface area contributed by atoms with Gasteiger partial charge in [0.05, 0.1) is 12.7 Å². The predicted molar refractivity (Wildman–Crippen MR) is 98.7 cm³/mol. The molecule has 1 heterocycles. The van der Waals surface area contributed by atoms with Crippen LogP contribution < -0.4 is 4.74 Å². The first-order valence-corrected chi connectivity index (χ1v) is 8.81. The quantitative estimate of drug-likeness (QED) is 0.865. The van der Waals surface area contributed by atoms with Gasteiger partial charge in [-0.3, -0.25) is 4.79 Å². The number of methoxy groups -OCH3 is 1. The van der Waals surface area contributed by atoms with E-state index in [4.69, 9.17) is 9.84 Å². The number of carbonyl (C=O) groups is 2. The van der Waals surface area contributed by atoms with Crippen LogP contribution in [-0.2, 0) is 11.2 Å². The molecule has 1 atom stereocenters. The number of hydrogen-bond acceptors (Lipinski definition) is 3. The number of ether oxygens (including phenoxy) is 1. The van der Waals surface area contributed by atoms with Gasteiger partial charge in [-0.1, -0.05) is 30.3 Å². The predicted octanol–water partition coefficient (Wildman–Crippen LogP) is 3.34. The number of hydrogen-bond donors (Lipinski definition) is 1. The maximum atomic E-state index is 12.5. The largest absolute Gasteiger partial charge is 0.496 e. The Bertz CT molecular complexity index is 785. The van der Waals surface area contributed by atoms with Crippen molar-refractivity contribution < 1.29 is 19.4 Å². The number of carbonyl (C=O) groups excluding carboxylic acids is 1. The summed E-state index contributed by atoms with van der Waals surface area (Å²) in [6.45, 7) is 1.48. The Morgan fingerprint density at radius 1 is 1.15 bits per heavy atom. The average Bonchev–Trinajstić information content (AvgIpc) is 3.16. The zero-order valence-corrected chi connectivity index (χ0v) is 14.9. The molecule has 5 nitrogen and oxygen atoms in total. The fourth-order valence-electron chi connectivity index (χ4n) is 3.47. The minimum atomic E-state index is -0.938. The molecule has 1 fully saturated rings. The minimum absolute atomic E-state index is 0.143. The minimum Gasteiger partial charge on any atom is -0.496 e. The Kier molecular flexibility index (Phi) is 5.56. The smallest absolute Gasteiger partial charge is 0.335 e. The Labute approximate surface area is 153 Å². The standard InChI is InChI=1S/C21H23NO4/c1-26-19-5-3-2-4-18(19)17-12-13-22(14-17)20(23)11-8-15-6-9-16(10-7-15)21(24)25/h2-7,9-10,17H,8,11-14H2,1H3,(H,24,25). The third-order valence-electron chi connectivity index (χ3n) is 4.95. The summed E-state index contributed by atoms with van der Waals surface area (Å²) in [6, 6.07) is 14.7. The summed E-state index contributed by atoms with van der Waals surface area (Å²) in [5.74, 6) is 0.395. The van der Waals surface area contributed by atoms with E-state index in [9.17, 15) is 9.59 Å². The highest BCUT2D eigenvalue weighted by atomic mass is 16.5. The molecule has 136 valence electrons. The molecule has 26 heavy (non-hydrogen) atoms. The van der Waals surface area contributed by atoms with Crippen molar-refractivity contribution in [1.29, 1.82) is 0 Å². The van der Waals surface area contributed by atoms with E-state index in [0.717, 1.165) is 36.4 Å². The molecule has 1 aliphatic rings. The number of rotatable bonds is 6. The van der Waals surface area contributed by atoms with Gasteiger partial charge in [-0.05, 0) is 42.2 Å². The summed E-state index contributed by atoms with van der Waals surface area (Å²) in [4.78, 5) is 25.3. The molecule has 2 aromatic carbocycles. The number of nitrogens with zero attached hydrogens (tertiary/aromatic N) is 1. The second-order valence-electron chi connectivity index (χ2n) is 6.57. The van der Waals surface area contributed by atoms with Crippen LogP contribution in [0.1, 0.15) is 40.2 Å². The van der Waals surface area contributed by atoms with Crippen LogP contribution in [0.3, 0.4) is 0 Å². The summed E-state index contributed by atoms with van der Waals surface area (Å²) in [5, 5.41) is 8.92. The second kappa shape index (κ2) is 8.04. The van der Waals surface area contributed by atoms with Gasteiger partial charge >= 0.3 is 5.97 Å². The summed E-state index contributed by atoms with van der Waals surface area (Å²) >= 11 is 0. The third-order valence-corrected chi connectivity index (χ3v) is 4.95. The molecule has 1 unspecified atom stereocenters. The normalized spacial score (nSPS) is 16.5. The van der Waals surface area contributed by atoms with Crippen molar-refractivity contribution in [3.63, 3.8) is 0 Å². The molecule has 3 rings (SSSR count). The van der Waals surface area contributed by atoms with Crippen LogP contribution >= 0.6 is 0 Å². The zero-order valence-electron chi connectivity index (χ0n) is 14.9. The third kappa shape index (κ3) is 4.04. The van der Waals surface area contributed by atoms with Gasteiger partial charge in [-0.15, -0.1) is 0 Å². The Morgan fingerprint density at radius 3 is 2.58 bits per heavy atom. The SMILES string of the molecule is COc1ccccc1C1CCN(C(=O)CCc2ccc(C(=O)O)cc2)C1. The van der Waals surface area contributed by atoms with Gasteiger partial charge in [0.15, 0.2) is 0 Å². The van der Waals surface area contributed by atoms with Crippen LogP contribution in [0.25, 0.3) is 0 Å². The number of aromatic carboxylic acids is 1. The Morgan fingerprint density at radius 2 is 1.88 bits per heavy atom. The van der Waals surface area contributed by atoms with E-state index in [1.807, 2.05) is 23.1 Å². The molecule has 0 saturated carbocycles.